The van der Waals surface area contributed by atoms with Gasteiger partial charge in [-0.1, -0.05) is 37.3 Å². The number of nitrogens with one attached hydrogen (secondary N) is 1. The van der Waals surface area contributed by atoms with E-state index in [2.05, 4.69) is 24.4 Å². The molecule has 0 aliphatic carbocycles. The first-order valence-electron chi connectivity index (χ1n) is 4.61. The molecule has 0 spiro atoms. The third-order valence-electron chi connectivity index (χ3n) is 2.55. The lowest BCUT2D eigenvalue weighted by Crippen LogP contribution is -2.19. The van der Waals surface area contributed by atoms with Crippen LogP contribution >= 0.6 is 0 Å². The van der Waals surface area contributed by atoms with Gasteiger partial charge in [-0.15, -0.1) is 0 Å². The largest absolute Gasteiger partial charge is 0.349 e. The summed E-state index contributed by atoms with van der Waals surface area (Å²) in [6.45, 7) is 2.11. The number of carbonyl (C=O) groups excluding carboxylic acids is 1. The topological polar surface area (TPSA) is 29.1 Å². The van der Waals surface area contributed by atoms with Gasteiger partial charge in [-0.05, 0) is 11.5 Å². The molecular formula is C11H13NO. The molecule has 0 bridgehead atoms. The summed E-state index contributed by atoms with van der Waals surface area (Å²) < 4.78 is 0. The fourth-order valence-electron chi connectivity index (χ4n) is 1.86. The summed E-state index contributed by atoms with van der Waals surface area (Å²) in [4.78, 5) is 11.1. The molecule has 0 radical (unpaired) electrons. The summed E-state index contributed by atoms with van der Waals surface area (Å²) in [6.07, 6.45) is 0.652. The van der Waals surface area contributed by atoms with E-state index in [-0.39, 0.29) is 11.9 Å². The Balaban J connectivity index is 2.23. The third-order valence-corrected chi connectivity index (χ3v) is 2.55. The van der Waals surface area contributed by atoms with Crippen molar-refractivity contribution in [2.45, 2.75) is 19.4 Å². The molecule has 1 saturated heterocycles. The second-order valence-electron chi connectivity index (χ2n) is 3.64. The molecule has 1 aliphatic rings. The maximum absolute atomic E-state index is 11.1. The van der Waals surface area contributed by atoms with Crippen molar-refractivity contribution in [3.8, 4) is 0 Å². The highest BCUT2D eigenvalue weighted by molar-refractivity contribution is 5.79. The van der Waals surface area contributed by atoms with E-state index in [4.69, 9.17) is 0 Å². The number of amides is 1. The number of hydrogen-bond acceptors (Lipinski definition) is 1. The SMILES string of the molecule is C[C@@H]1CC(=O)NC1c1ccccc1. The van der Waals surface area contributed by atoms with Crippen molar-refractivity contribution in [3.05, 3.63) is 35.9 Å². The van der Waals surface area contributed by atoms with Crippen molar-refractivity contribution < 1.29 is 4.79 Å². The monoisotopic (exact) mass is 175 g/mol. The molecule has 1 aromatic carbocycles. The predicted octanol–water partition coefficient (Wildman–Crippen LogP) is 1.88. The Labute approximate surface area is 78.0 Å². The van der Waals surface area contributed by atoms with Crippen LogP contribution in [-0.2, 0) is 4.79 Å². The Kier molecular flexibility index (Phi) is 2.05. The third kappa shape index (κ3) is 1.57. The van der Waals surface area contributed by atoms with Crippen LogP contribution in [0.5, 0.6) is 0 Å². The zero-order valence-electron chi connectivity index (χ0n) is 7.66. The van der Waals surface area contributed by atoms with Crippen molar-refractivity contribution in [1.82, 2.24) is 5.32 Å². The molecule has 2 nitrogen and oxygen atoms in total. The first kappa shape index (κ1) is 8.30. The van der Waals surface area contributed by atoms with Crippen LogP contribution in [0.4, 0.5) is 0 Å². The number of rotatable bonds is 1. The van der Waals surface area contributed by atoms with Crippen molar-refractivity contribution in [1.29, 1.82) is 0 Å². The van der Waals surface area contributed by atoms with E-state index >= 15 is 0 Å². The van der Waals surface area contributed by atoms with E-state index in [1.54, 1.807) is 0 Å². The molecule has 2 heteroatoms. The molecule has 1 N–H and O–H groups in total. The summed E-state index contributed by atoms with van der Waals surface area (Å²) in [6, 6.07) is 10.3. The van der Waals surface area contributed by atoms with Gasteiger partial charge in [0, 0.05) is 6.42 Å². The molecule has 1 aromatic rings. The lowest BCUT2D eigenvalue weighted by molar-refractivity contribution is -0.119. The molecule has 2 rings (SSSR count). The van der Waals surface area contributed by atoms with Crippen molar-refractivity contribution in [3.63, 3.8) is 0 Å². The van der Waals surface area contributed by atoms with Crippen molar-refractivity contribution >= 4 is 5.91 Å². The van der Waals surface area contributed by atoms with Gasteiger partial charge in [-0.3, -0.25) is 4.79 Å². The molecule has 1 fully saturated rings. The summed E-state index contributed by atoms with van der Waals surface area (Å²) in [7, 11) is 0. The van der Waals surface area contributed by atoms with Crippen LogP contribution in [0.1, 0.15) is 24.9 Å². The minimum absolute atomic E-state index is 0.168. The first-order valence-corrected chi connectivity index (χ1v) is 4.61. The minimum atomic E-state index is 0.168. The summed E-state index contributed by atoms with van der Waals surface area (Å²) in [5.74, 6) is 0.580. The standard InChI is InChI=1S/C11H13NO/c1-8-7-10(13)12-11(8)9-5-3-2-4-6-9/h2-6,8,11H,7H2,1H3,(H,12,13)/t8-,11?/m1/s1. The Hall–Kier alpha value is -1.31. The highest BCUT2D eigenvalue weighted by Gasteiger charge is 2.29. The van der Waals surface area contributed by atoms with Gasteiger partial charge in [0.25, 0.3) is 0 Å². The highest BCUT2D eigenvalue weighted by atomic mass is 16.1. The molecule has 2 atom stereocenters. The summed E-state index contributed by atoms with van der Waals surface area (Å²) in [5.41, 5.74) is 1.21. The molecule has 0 saturated carbocycles. The summed E-state index contributed by atoms with van der Waals surface area (Å²) in [5, 5.41) is 2.98. The zero-order valence-corrected chi connectivity index (χ0v) is 7.66. The smallest absolute Gasteiger partial charge is 0.220 e. The second kappa shape index (κ2) is 3.21. The molecule has 1 aliphatic heterocycles. The van der Waals surface area contributed by atoms with Gasteiger partial charge in [0.15, 0.2) is 0 Å². The van der Waals surface area contributed by atoms with E-state index in [1.165, 1.54) is 5.56 Å². The van der Waals surface area contributed by atoms with Crippen molar-refractivity contribution in [2.75, 3.05) is 0 Å². The normalized spacial score (nSPS) is 27.3. The number of carbonyl (C=O) groups is 1. The second-order valence-corrected chi connectivity index (χ2v) is 3.64. The van der Waals surface area contributed by atoms with Crippen molar-refractivity contribution in [2.24, 2.45) is 5.92 Å². The number of benzene rings is 1. The Bertz CT molecular complexity index is 307. The van der Waals surface area contributed by atoms with E-state index in [9.17, 15) is 4.79 Å². The lowest BCUT2D eigenvalue weighted by Gasteiger charge is -2.14. The predicted molar refractivity (Wildman–Crippen MR) is 51.1 cm³/mol. The van der Waals surface area contributed by atoms with E-state index < -0.39 is 0 Å². The maximum atomic E-state index is 11.1. The van der Waals surface area contributed by atoms with Crippen LogP contribution in [-0.4, -0.2) is 5.91 Å². The van der Waals surface area contributed by atoms with Crippen LogP contribution < -0.4 is 5.32 Å². The fraction of sp³-hybridized carbons (Fsp3) is 0.364. The fourth-order valence-corrected chi connectivity index (χ4v) is 1.86. The minimum Gasteiger partial charge on any atom is -0.349 e. The van der Waals surface area contributed by atoms with Gasteiger partial charge in [0.05, 0.1) is 6.04 Å². The van der Waals surface area contributed by atoms with E-state index in [1.807, 2.05) is 18.2 Å². The van der Waals surface area contributed by atoms with Crippen LogP contribution in [0, 0.1) is 5.92 Å². The molecule has 1 amide bonds. The first-order chi connectivity index (χ1) is 6.27. The van der Waals surface area contributed by atoms with Gasteiger partial charge in [-0.2, -0.15) is 0 Å². The van der Waals surface area contributed by atoms with Crippen LogP contribution in [0.2, 0.25) is 0 Å². The van der Waals surface area contributed by atoms with E-state index in [0.29, 0.717) is 12.3 Å². The molecular weight excluding hydrogens is 162 g/mol. The van der Waals surface area contributed by atoms with Crippen LogP contribution in [0.25, 0.3) is 0 Å². The lowest BCUT2D eigenvalue weighted by atomic mass is 9.96. The molecule has 1 heterocycles. The maximum Gasteiger partial charge on any atom is 0.220 e. The van der Waals surface area contributed by atoms with Crippen LogP contribution in [0.3, 0.4) is 0 Å². The Morgan fingerprint density at radius 3 is 2.54 bits per heavy atom. The molecule has 68 valence electrons. The van der Waals surface area contributed by atoms with Gasteiger partial charge >= 0.3 is 0 Å². The molecule has 13 heavy (non-hydrogen) atoms. The highest BCUT2D eigenvalue weighted by Crippen LogP contribution is 2.29. The van der Waals surface area contributed by atoms with E-state index in [0.717, 1.165) is 0 Å². The zero-order chi connectivity index (χ0) is 9.26. The average molecular weight is 175 g/mol. The molecule has 0 aromatic heterocycles. The average Bonchev–Trinajstić information content (AvgIpc) is 2.47. The Morgan fingerprint density at radius 2 is 2.00 bits per heavy atom. The Morgan fingerprint density at radius 1 is 1.31 bits per heavy atom. The quantitative estimate of drug-likeness (QED) is 0.693. The van der Waals surface area contributed by atoms with Gasteiger partial charge in [0.2, 0.25) is 5.91 Å². The molecule has 1 unspecified atom stereocenters. The summed E-state index contributed by atoms with van der Waals surface area (Å²) >= 11 is 0. The van der Waals surface area contributed by atoms with Crippen LogP contribution in [0.15, 0.2) is 30.3 Å². The van der Waals surface area contributed by atoms with Gasteiger partial charge < -0.3 is 5.32 Å². The number of hydrogen-bond donors (Lipinski definition) is 1. The van der Waals surface area contributed by atoms with Gasteiger partial charge in [-0.25, -0.2) is 0 Å². The van der Waals surface area contributed by atoms with Gasteiger partial charge in [0.1, 0.15) is 0 Å².